The zero-order chi connectivity index (χ0) is 9.84. The molecule has 0 radical (unpaired) electrons. The molecular formula is C9H12FNOS. The summed E-state index contributed by atoms with van der Waals surface area (Å²) < 4.78 is 12.6. The van der Waals surface area contributed by atoms with E-state index in [0.29, 0.717) is 0 Å². The summed E-state index contributed by atoms with van der Waals surface area (Å²) in [6.07, 6.45) is 1.02. The third-order valence-corrected chi connectivity index (χ3v) is 2.99. The molecule has 2 unspecified atom stereocenters. The molecule has 0 saturated carbocycles. The molecule has 0 bridgehead atoms. The van der Waals surface area contributed by atoms with E-state index in [2.05, 4.69) is 4.98 Å². The number of aliphatic hydroxyl groups excluding tert-OH is 1. The molecule has 2 nitrogen and oxygen atoms in total. The van der Waals surface area contributed by atoms with E-state index in [-0.39, 0.29) is 5.25 Å². The molecule has 0 aromatic carbocycles. The summed E-state index contributed by atoms with van der Waals surface area (Å²) in [4.78, 5) is 4.24. The third kappa shape index (κ3) is 3.32. The number of thioether (sulfide) groups is 1. The van der Waals surface area contributed by atoms with Crippen LogP contribution in [0.15, 0.2) is 23.2 Å². The quantitative estimate of drug-likeness (QED) is 0.600. The molecule has 1 heterocycles. The van der Waals surface area contributed by atoms with Crippen LogP contribution in [0.2, 0.25) is 0 Å². The molecule has 4 heteroatoms. The Morgan fingerprint density at radius 3 is 2.77 bits per heavy atom. The Morgan fingerprint density at radius 2 is 2.23 bits per heavy atom. The van der Waals surface area contributed by atoms with Crippen molar-refractivity contribution >= 4 is 11.8 Å². The first-order chi connectivity index (χ1) is 6.09. The standard InChI is InChI=1S/C9H12FNOS/c1-6(12)7(2)13-8-3-4-11-9(10)5-8/h3-7,12H,1-2H3. The lowest BCUT2D eigenvalue weighted by Gasteiger charge is -2.13. The molecule has 2 atom stereocenters. The van der Waals surface area contributed by atoms with Crippen molar-refractivity contribution in [1.29, 1.82) is 0 Å². The molecule has 1 rings (SSSR count). The van der Waals surface area contributed by atoms with Crippen LogP contribution in [0.1, 0.15) is 13.8 Å². The Hall–Kier alpha value is -0.610. The van der Waals surface area contributed by atoms with E-state index in [0.717, 1.165) is 4.90 Å². The molecule has 1 aromatic rings. The lowest BCUT2D eigenvalue weighted by molar-refractivity contribution is 0.196. The van der Waals surface area contributed by atoms with Crippen molar-refractivity contribution in [2.24, 2.45) is 0 Å². The van der Waals surface area contributed by atoms with Crippen LogP contribution < -0.4 is 0 Å². The van der Waals surface area contributed by atoms with Crippen molar-refractivity contribution in [2.75, 3.05) is 0 Å². The molecular weight excluding hydrogens is 189 g/mol. The van der Waals surface area contributed by atoms with Crippen LogP contribution in [0.25, 0.3) is 0 Å². The van der Waals surface area contributed by atoms with Gasteiger partial charge in [0, 0.05) is 22.4 Å². The van der Waals surface area contributed by atoms with Gasteiger partial charge in [0.2, 0.25) is 5.95 Å². The number of rotatable bonds is 3. The van der Waals surface area contributed by atoms with Crippen molar-refractivity contribution in [1.82, 2.24) is 4.98 Å². The monoisotopic (exact) mass is 201 g/mol. The molecule has 13 heavy (non-hydrogen) atoms. The average molecular weight is 201 g/mol. The Labute approximate surface area is 81.2 Å². The highest BCUT2D eigenvalue weighted by Gasteiger charge is 2.10. The van der Waals surface area contributed by atoms with Crippen molar-refractivity contribution < 1.29 is 9.50 Å². The van der Waals surface area contributed by atoms with E-state index in [4.69, 9.17) is 0 Å². The lowest BCUT2D eigenvalue weighted by atomic mass is 10.3. The van der Waals surface area contributed by atoms with Gasteiger partial charge in [-0.3, -0.25) is 0 Å². The van der Waals surface area contributed by atoms with Crippen LogP contribution in [-0.2, 0) is 0 Å². The first kappa shape index (κ1) is 10.5. The maximum atomic E-state index is 12.6. The van der Waals surface area contributed by atoms with Gasteiger partial charge in [-0.1, -0.05) is 6.92 Å². The second-order valence-electron chi connectivity index (χ2n) is 2.88. The smallest absolute Gasteiger partial charge is 0.213 e. The first-order valence-electron chi connectivity index (χ1n) is 4.06. The van der Waals surface area contributed by atoms with Crippen LogP contribution in [0.4, 0.5) is 4.39 Å². The van der Waals surface area contributed by atoms with E-state index in [9.17, 15) is 9.50 Å². The van der Waals surface area contributed by atoms with Crippen molar-refractivity contribution in [3.05, 3.63) is 24.3 Å². The van der Waals surface area contributed by atoms with Gasteiger partial charge in [-0.05, 0) is 13.0 Å². The van der Waals surface area contributed by atoms with E-state index >= 15 is 0 Å². The van der Waals surface area contributed by atoms with Crippen LogP contribution in [0.3, 0.4) is 0 Å². The fraction of sp³-hybridized carbons (Fsp3) is 0.444. The number of hydrogen-bond donors (Lipinski definition) is 1. The van der Waals surface area contributed by atoms with E-state index in [1.165, 1.54) is 24.0 Å². The zero-order valence-corrected chi connectivity index (χ0v) is 8.38. The van der Waals surface area contributed by atoms with Gasteiger partial charge < -0.3 is 5.11 Å². The highest BCUT2D eigenvalue weighted by atomic mass is 32.2. The van der Waals surface area contributed by atoms with E-state index < -0.39 is 12.1 Å². The SMILES string of the molecule is CC(O)C(C)Sc1ccnc(F)c1. The fourth-order valence-electron chi connectivity index (χ4n) is 0.771. The van der Waals surface area contributed by atoms with E-state index in [1.807, 2.05) is 6.92 Å². The average Bonchev–Trinajstić information content (AvgIpc) is 2.04. The first-order valence-corrected chi connectivity index (χ1v) is 4.94. The van der Waals surface area contributed by atoms with Crippen LogP contribution in [0, 0.1) is 5.95 Å². The van der Waals surface area contributed by atoms with Gasteiger partial charge >= 0.3 is 0 Å². The molecule has 1 aromatic heterocycles. The largest absolute Gasteiger partial charge is 0.392 e. The number of pyridine rings is 1. The van der Waals surface area contributed by atoms with Crippen molar-refractivity contribution in [3.63, 3.8) is 0 Å². The molecule has 0 fully saturated rings. The minimum atomic E-state index is -0.484. The highest BCUT2D eigenvalue weighted by molar-refractivity contribution is 8.00. The predicted molar refractivity (Wildman–Crippen MR) is 51.2 cm³/mol. The molecule has 0 saturated heterocycles. The second kappa shape index (κ2) is 4.58. The molecule has 72 valence electrons. The Kier molecular flexibility index (Phi) is 3.69. The number of hydrogen-bond acceptors (Lipinski definition) is 3. The number of aliphatic hydroxyl groups is 1. The van der Waals surface area contributed by atoms with Gasteiger partial charge in [0.1, 0.15) is 0 Å². The van der Waals surface area contributed by atoms with Crippen LogP contribution >= 0.6 is 11.8 Å². The zero-order valence-electron chi connectivity index (χ0n) is 7.57. The molecule has 0 aliphatic rings. The normalized spacial score (nSPS) is 15.4. The lowest BCUT2D eigenvalue weighted by Crippen LogP contribution is -2.14. The van der Waals surface area contributed by atoms with Gasteiger partial charge in [-0.25, -0.2) is 4.98 Å². The summed E-state index contributed by atoms with van der Waals surface area (Å²) in [5, 5.41) is 9.28. The van der Waals surface area contributed by atoms with Crippen LogP contribution in [-0.4, -0.2) is 21.4 Å². The summed E-state index contributed by atoms with van der Waals surface area (Å²) in [5.41, 5.74) is 0. The maximum absolute atomic E-state index is 12.6. The predicted octanol–water partition coefficient (Wildman–Crippen LogP) is 2.08. The van der Waals surface area contributed by atoms with Gasteiger partial charge in [-0.15, -0.1) is 11.8 Å². The Bertz CT molecular complexity index is 280. The number of nitrogens with zero attached hydrogens (tertiary/aromatic N) is 1. The third-order valence-electron chi connectivity index (χ3n) is 1.70. The molecule has 0 aliphatic heterocycles. The van der Waals surface area contributed by atoms with Gasteiger partial charge in [0.05, 0.1) is 6.10 Å². The molecule has 0 amide bonds. The Balaban J connectivity index is 2.64. The fourth-order valence-corrected chi connectivity index (χ4v) is 1.70. The van der Waals surface area contributed by atoms with Crippen LogP contribution in [0.5, 0.6) is 0 Å². The summed E-state index contributed by atoms with van der Waals surface area (Å²) in [5.74, 6) is -0.484. The van der Waals surface area contributed by atoms with Gasteiger partial charge in [0.25, 0.3) is 0 Å². The number of halogens is 1. The van der Waals surface area contributed by atoms with Gasteiger partial charge in [-0.2, -0.15) is 4.39 Å². The highest BCUT2D eigenvalue weighted by Crippen LogP contribution is 2.24. The summed E-state index contributed by atoms with van der Waals surface area (Å²) in [6, 6.07) is 3.09. The molecule has 0 aliphatic carbocycles. The molecule has 1 N–H and O–H groups in total. The summed E-state index contributed by atoms with van der Waals surface area (Å²) >= 11 is 1.44. The summed E-state index contributed by atoms with van der Waals surface area (Å²) in [6.45, 7) is 3.61. The number of aromatic nitrogens is 1. The maximum Gasteiger partial charge on any atom is 0.213 e. The molecule has 0 spiro atoms. The van der Waals surface area contributed by atoms with E-state index in [1.54, 1.807) is 13.0 Å². The Morgan fingerprint density at radius 1 is 1.54 bits per heavy atom. The van der Waals surface area contributed by atoms with Gasteiger partial charge in [0.15, 0.2) is 0 Å². The van der Waals surface area contributed by atoms with Crippen molar-refractivity contribution in [3.8, 4) is 0 Å². The van der Waals surface area contributed by atoms with Crippen molar-refractivity contribution in [2.45, 2.75) is 30.1 Å². The minimum absolute atomic E-state index is 0.0572. The topological polar surface area (TPSA) is 33.1 Å². The second-order valence-corrected chi connectivity index (χ2v) is 4.33. The summed E-state index contributed by atoms with van der Waals surface area (Å²) in [7, 11) is 0. The minimum Gasteiger partial charge on any atom is -0.392 e.